The maximum absolute atomic E-state index is 9.33. The zero-order valence-corrected chi connectivity index (χ0v) is 8.93. The van der Waals surface area contributed by atoms with Gasteiger partial charge in [0, 0.05) is 25.8 Å². The standard InChI is InChI=1S/C11H18N2O2/c1-13(7-10(15)8-14)11-5-3-2-4-9(11)6-12/h2-5,10,14-15H,6-8,12H2,1H3. The minimum Gasteiger partial charge on any atom is -0.394 e. The number of benzene rings is 1. The molecule has 1 unspecified atom stereocenters. The first-order valence-corrected chi connectivity index (χ1v) is 4.97. The molecule has 0 saturated carbocycles. The highest BCUT2D eigenvalue weighted by Crippen LogP contribution is 2.18. The molecule has 4 heteroatoms. The zero-order valence-electron chi connectivity index (χ0n) is 8.93. The lowest BCUT2D eigenvalue weighted by Crippen LogP contribution is -2.32. The summed E-state index contributed by atoms with van der Waals surface area (Å²) in [6.45, 7) is 0.637. The van der Waals surface area contributed by atoms with Gasteiger partial charge in [0.1, 0.15) is 0 Å². The zero-order chi connectivity index (χ0) is 11.3. The third-order valence-corrected chi connectivity index (χ3v) is 2.32. The lowest BCUT2D eigenvalue weighted by atomic mass is 10.1. The monoisotopic (exact) mass is 210 g/mol. The van der Waals surface area contributed by atoms with Gasteiger partial charge in [0.25, 0.3) is 0 Å². The Morgan fingerprint density at radius 2 is 2.07 bits per heavy atom. The van der Waals surface area contributed by atoms with Gasteiger partial charge in [-0.25, -0.2) is 0 Å². The largest absolute Gasteiger partial charge is 0.394 e. The molecule has 0 amide bonds. The van der Waals surface area contributed by atoms with Gasteiger partial charge in [0.05, 0.1) is 12.7 Å². The lowest BCUT2D eigenvalue weighted by molar-refractivity contribution is 0.101. The Labute approximate surface area is 89.9 Å². The Hall–Kier alpha value is -1.10. The molecular weight excluding hydrogens is 192 g/mol. The van der Waals surface area contributed by atoms with Crippen molar-refractivity contribution < 1.29 is 10.2 Å². The summed E-state index contributed by atoms with van der Waals surface area (Å²) in [4.78, 5) is 1.89. The van der Waals surface area contributed by atoms with Crippen molar-refractivity contribution in [3.05, 3.63) is 29.8 Å². The van der Waals surface area contributed by atoms with Crippen molar-refractivity contribution in [3.8, 4) is 0 Å². The van der Waals surface area contributed by atoms with Crippen LogP contribution in [0.15, 0.2) is 24.3 Å². The van der Waals surface area contributed by atoms with E-state index in [0.717, 1.165) is 11.3 Å². The van der Waals surface area contributed by atoms with Crippen LogP contribution in [-0.4, -0.2) is 36.5 Å². The number of aliphatic hydroxyl groups is 2. The van der Waals surface area contributed by atoms with Gasteiger partial charge in [-0.2, -0.15) is 0 Å². The van der Waals surface area contributed by atoms with Gasteiger partial charge in [-0.15, -0.1) is 0 Å². The second kappa shape index (κ2) is 5.70. The van der Waals surface area contributed by atoms with E-state index in [1.807, 2.05) is 36.2 Å². The third-order valence-electron chi connectivity index (χ3n) is 2.32. The summed E-state index contributed by atoms with van der Waals surface area (Å²) in [5.74, 6) is 0. The van der Waals surface area contributed by atoms with E-state index >= 15 is 0 Å². The molecule has 1 aromatic rings. The summed E-state index contributed by atoms with van der Waals surface area (Å²) in [5.41, 5.74) is 7.64. The summed E-state index contributed by atoms with van der Waals surface area (Å²) in [6.07, 6.45) is -0.721. The third kappa shape index (κ3) is 3.20. The number of aliphatic hydroxyl groups excluding tert-OH is 2. The maximum atomic E-state index is 9.33. The fraction of sp³-hybridized carbons (Fsp3) is 0.455. The molecule has 0 fully saturated rings. The van der Waals surface area contributed by atoms with E-state index in [0.29, 0.717) is 13.1 Å². The Morgan fingerprint density at radius 1 is 1.40 bits per heavy atom. The molecule has 0 aliphatic carbocycles. The fourth-order valence-electron chi connectivity index (χ4n) is 1.53. The van der Waals surface area contributed by atoms with E-state index < -0.39 is 6.10 Å². The number of likely N-dealkylation sites (N-methyl/N-ethyl adjacent to an activating group) is 1. The van der Waals surface area contributed by atoms with Crippen molar-refractivity contribution in [1.29, 1.82) is 0 Å². The summed E-state index contributed by atoms with van der Waals surface area (Å²) in [6, 6.07) is 7.77. The van der Waals surface area contributed by atoms with Crippen LogP contribution in [-0.2, 0) is 6.54 Å². The first kappa shape index (κ1) is 12.0. The second-order valence-electron chi connectivity index (χ2n) is 3.55. The Bertz CT molecular complexity index is 304. The molecule has 1 atom stereocenters. The SMILES string of the molecule is CN(CC(O)CO)c1ccccc1CN. The van der Waals surface area contributed by atoms with Gasteiger partial charge in [-0.3, -0.25) is 0 Å². The Kier molecular flexibility index (Phi) is 4.55. The number of anilines is 1. The predicted octanol–water partition coefficient (Wildman–Crippen LogP) is -0.0653. The van der Waals surface area contributed by atoms with Gasteiger partial charge in [-0.05, 0) is 11.6 Å². The van der Waals surface area contributed by atoms with Crippen LogP contribution in [0.25, 0.3) is 0 Å². The molecule has 1 aromatic carbocycles. The smallest absolute Gasteiger partial charge is 0.0945 e. The van der Waals surface area contributed by atoms with Crippen LogP contribution in [0, 0.1) is 0 Å². The molecule has 4 N–H and O–H groups in total. The Balaban J connectivity index is 2.76. The quantitative estimate of drug-likeness (QED) is 0.636. The van der Waals surface area contributed by atoms with Crippen molar-refractivity contribution in [2.45, 2.75) is 12.6 Å². The molecule has 1 rings (SSSR count). The van der Waals surface area contributed by atoms with Crippen molar-refractivity contribution in [1.82, 2.24) is 0 Å². The van der Waals surface area contributed by atoms with E-state index in [9.17, 15) is 5.11 Å². The van der Waals surface area contributed by atoms with E-state index in [4.69, 9.17) is 10.8 Å². The normalized spacial score (nSPS) is 12.5. The van der Waals surface area contributed by atoms with Crippen LogP contribution in [0.5, 0.6) is 0 Å². The average molecular weight is 210 g/mol. The van der Waals surface area contributed by atoms with Gasteiger partial charge >= 0.3 is 0 Å². The first-order chi connectivity index (χ1) is 7.19. The molecule has 0 spiro atoms. The van der Waals surface area contributed by atoms with E-state index in [-0.39, 0.29) is 6.61 Å². The highest BCUT2D eigenvalue weighted by atomic mass is 16.3. The van der Waals surface area contributed by atoms with Crippen LogP contribution in [0.1, 0.15) is 5.56 Å². The molecule has 0 saturated heterocycles. The van der Waals surface area contributed by atoms with Crippen molar-refractivity contribution in [3.63, 3.8) is 0 Å². The molecule has 0 bridgehead atoms. The number of para-hydroxylation sites is 1. The molecule has 0 heterocycles. The van der Waals surface area contributed by atoms with Gasteiger partial charge < -0.3 is 20.8 Å². The molecule has 4 nitrogen and oxygen atoms in total. The molecular formula is C11H18N2O2. The Morgan fingerprint density at radius 3 is 2.67 bits per heavy atom. The van der Waals surface area contributed by atoms with Crippen LogP contribution in [0.2, 0.25) is 0 Å². The van der Waals surface area contributed by atoms with E-state index in [1.54, 1.807) is 0 Å². The number of hydrogen-bond acceptors (Lipinski definition) is 4. The lowest BCUT2D eigenvalue weighted by Gasteiger charge is -2.24. The number of hydrogen-bond donors (Lipinski definition) is 3. The van der Waals surface area contributed by atoms with E-state index in [1.165, 1.54) is 0 Å². The van der Waals surface area contributed by atoms with Crippen LogP contribution < -0.4 is 10.6 Å². The summed E-state index contributed by atoms with van der Waals surface area (Å²) in [7, 11) is 1.87. The van der Waals surface area contributed by atoms with Crippen molar-refractivity contribution in [2.24, 2.45) is 5.73 Å². The predicted molar refractivity (Wildman–Crippen MR) is 60.7 cm³/mol. The molecule has 0 aliphatic heterocycles. The number of nitrogens with zero attached hydrogens (tertiary/aromatic N) is 1. The molecule has 0 aromatic heterocycles. The summed E-state index contributed by atoms with van der Waals surface area (Å²) in [5, 5.41) is 18.1. The topological polar surface area (TPSA) is 69.7 Å². The first-order valence-electron chi connectivity index (χ1n) is 4.97. The molecule has 15 heavy (non-hydrogen) atoms. The van der Waals surface area contributed by atoms with Crippen molar-refractivity contribution >= 4 is 5.69 Å². The van der Waals surface area contributed by atoms with Crippen LogP contribution in [0.4, 0.5) is 5.69 Å². The molecule has 0 aliphatic rings. The summed E-state index contributed by atoms with van der Waals surface area (Å²) < 4.78 is 0. The van der Waals surface area contributed by atoms with Crippen LogP contribution in [0.3, 0.4) is 0 Å². The highest BCUT2D eigenvalue weighted by Gasteiger charge is 2.09. The minimum absolute atomic E-state index is 0.227. The van der Waals surface area contributed by atoms with Crippen LogP contribution >= 0.6 is 0 Å². The fourth-order valence-corrected chi connectivity index (χ4v) is 1.53. The second-order valence-corrected chi connectivity index (χ2v) is 3.55. The van der Waals surface area contributed by atoms with Crippen molar-refractivity contribution in [2.75, 3.05) is 25.1 Å². The van der Waals surface area contributed by atoms with Gasteiger partial charge in [0.15, 0.2) is 0 Å². The van der Waals surface area contributed by atoms with Gasteiger partial charge in [-0.1, -0.05) is 18.2 Å². The minimum atomic E-state index is -0.721. The van der Waals surface area contributed by atoms with E-state index in [2.05, 4.69) is 0 Å². The molecule has 84 valence electrons. The average Bonchev–Trinajstić information content (AvgIpc) is 2.28. The number of rotatable bonds is 5. The summed E-state index contributed by atoms with van der Waals surface area (Å²) >= 11 is 0. The highest BCUT2D eigenvalue weighted by molar-refractivity contribution is 5.53. The van der Waals surface area contributed by atoms with Gasteiger partial charge in [0.2, 0.25) is 0 Å². The maximum Gasteiger partial charge on any atom is 0.0945 e. The number of nitrogens with two attached hydrogens (primary N) is 1. The molecule has 0 radical (unpaired) electrons.